The molecule has 8 heteroatoms. The molecule has 0 unspecified atom stereocenters. The van der Waals surface area contributed by atoms with Gasteiger partial charge in [-0.2, -0.15) is 9.46 Å². The lowest BCUT2D eigenvalue weighted by Crippen LogP contribution is -1.96. The molecule has 2 heterocycles. The van der Waals surface area contributed by atoms with E-state index < -0.39 is 0 Å². The predicted molar refractivity (Wildman–Crippen MR) is 101 cm³/mol. The average molecular weight is 382 g/mol. The SMILES string of the molecule is On1c(-c2ccccc2)cnc1SSc1ncc(-c2ccccc2)n1O. The largest absolute Gasteiger partial charge is 0.426 e. The Balaban J connectivity index is 1.52. The fourth-order valence-corrected chi connectivity index (χ4v) is 4.26. The highest BCUT2D eigenvalue weighted by atomic mass is 33.1. The zero-order valence-corrected chi connectivity index (χ0v) is 15.1. The van der Waals surface area contributed by atoms with Crippen LogP contribution in [0.4, 0.5) is 0 Å². The van der Waals surface area contributed by atoms with Crippen molar-refractivity contribution in [2.75, 3.05) is 0 Å². The third-order valence-electron chi connectivity index (χ3n) is 3.74. The minimum absolute atomic E-state index is 0.401. The first-order valence-electron chi connectivity index (χ1n) is 7.73. The van der Waals surface area contributed by atoms with Gasteiger partial charge in [0, 0.05) is 11.1 Å². The Morgan fingerprint density at radius 3 is 1.38 bits per heavy atom. The standard InChI is InChI=1S/C18H14N4O2S2/c23-21-15(13-7-3-1-4-8-13)11-19-17(21)25-26-18-20-12-16(22(18)24)14-9-5-2-6-10-14/h1-12,23-24H. The van der Waals surface area contributed by atoms with Gasteiger partial charge in [0.15, 0.2) is 0 Å². The van der Waals surface area contributed by atoms with Crippen LogP contribution in [0.3, 0.4) is 0 Å². The molecule has 2 N–H and O–H groups in total. The molecule has 0 spiro atoms. The van der Waals surface area contributed by atoms with Gasteiger partial charge in [0.05, 0.1) is 12.4 Å². The van der Waals surface area contributed by atoms with Crippen molar-refractivity contribution in [3.63, 3.8) is 0 Å². The molecule has 0 radical (unpaired) electrons. The van der Waals surface area contributed by atoms with Crippen LogP contribution in [0.15, 0.2) is 83.4 Å². The number of imidazole rings is 2. The number of benzene rings is 2. The quantitative estimate of drug-likeness (QED) is 0.385. The molecule has 0 fully saturated rings. The van der Waals surface area contributed by atoms with Crippen molar-refractivity contribution in [2.24, 2.45) is 0 Å². The Labute approximate surface area is 157 Å². The third-order valence-corrected chi connectivity index (χ3v) is 5.83. The molecule has 0 saturated carbocycles. The summed E-state index contributed by atoms with van der Waals surface area (Å²) in [5.41, 5.74) is 2.95. The lowest BCUT2D eigenvalue weighted by molar-refractivity contribution is 0.164. The van der Waals surface area contributed by atoms with E-state index in [0.29, 0.717) is 21.7 Å². The smallest absolute Gasteiger partial charge is 0.214 e. The van der Waals surface area contributed by atoms with Crippen LogP contribution in [-0.4, -0.2) is 29.8 Å². The lowest BCUT2D eigenvalue weighted by atomic mass is 10.2. The van der Waals surface area contributed by atoms with Gasteiger partial charge in [-0.15, -0.1) is 0 Å². The summed E-state index contributed by atoms with van der Waals surface area (Å²) in [5.74, 6) is 0. The summed E-state index contributed by atoms with van der Waals surface area (Å²) in [6.45, 7) is 0. The molecule has 2 aromatic heterocycles. The van der Waals surface area contributed by atoms with Crippen LogP contribution >= 0.6 is 21.6 Å². The molecule has 4 aromatic rings. The lowest BCUT2D eigenvalue weighted by Gasteiger charge is -2.05. The number of nitrogens with zero attached hydrogens (tertiary/aromatic N) is 4. The maximum absolute atomic E-state index is 10.3. The molecule has 0 atom stereocenters. The number of hydrogen-bond acceptors (Lipinski definition) is 6. The number of rotatable bonds is 5. The van der Waals surface area contributed by atoms with Crippen LogP contribution < -0.4 is 0 Å². The fraction of sp³-hybridized carbons (Fsp3) is 0. The van der Waals surface area contributed by atoms with Crippen LogP contribution in [0.5, 0.6) is 0 Å². The number of hydrogen-bond donors (Lipinski definition) is 2. The van der Waals surface area contributed by atoms with Gasteiger partial charge in [0.2, 0.25) is 10.3 Å². The van der Waals surface area contributed by atoms with Gasteiger partial charge in [-0.3, -0.25) is 0 Å². The fourth-order valence-electron chi connectivity index (χ4n) is 2.46. The van der Waals surface area contributed by atoms with Crippen molar-refractivity contribution in [1.29, 1.82) is 0 Å². The topological polar surface area (TPSA) is 76.1 Å². The first-order chi connectivity index (χ1) is 12.7. The van der Waals surface area contributed by atoms with Crippen molar-refractivity contribution in [3.8, 4) is 22.5 Å². The molecule has 0 bridgehead atoms. The molecular formula is C18H14N4O2S2. The zero-order chi connectivity index (χ0) is 17.9. The van der Waals surface area contributed by atoms with Crippen LogP contribution in [-0.2, 0) is 0 Å². The van der Waals surface area contributed by atoms with Gasteiger partial charge >= 0.3 is 0 Å². The van der Waals surface area contributed by atoms with Gasteiger partial charge in [-0.1, -0.05) is 60.7 Å². The maximum Gasteiger partial charge on any atom is 0.214 e. The van der Waals surface area contributed by atoms with E-state index in [9.17, 15) is 10.4 Å². The van der Waals surface area contributed by atoms with Crippen LogP contribution in [0.25, 0.3) is 22.5 Å². The summed E-state index contributed by atoms with van der Waals surface area (Å²) in [6.07, 6.45) is 3.22. The van der Waals surface area contributed by atoms with E-state index in [1.54, 1.807) is 12.4 Å². The first kappa shape index (κ1) is 16.6. The van der Waals surface area contributed by atoms with Crippen molar-refractivity contribution < 1.29 is 10.4 Å². The molecule has 4 rings (SSSR count). The average Bonchev–Trinajstić information content (AvgIpc) is 3.24. The van der Waals surface area contributed by atoms with E-state index in [1.165, 1.54) is 21.6 Å². The van der Waals surface area contributed by atoms with Gasteiger partial charge in [0.25, 0.3) is 0 Å². The summed E-state index contributed by atoms with van der Waals surface area (Å²) < 4.78 is 2.07. The maximum atomic E-state index is 10.3. The summed E-state index contributed by atoms with van der Waals surface area (Å²) >= 11 is 0. The normalized spacial score (nSPS) is 10.9. The summed E-state index contributed by atoms with van der Waals surface area (Å²) in [7, 11) is 2.43. The Morgan fingerprint density at radius 2 is 1.00 bits per heavy atom. The molecule has 130 valence electrons. The highest BCUT2D eigenvalue weighted by Crippen LogP contribution is 2.38. The van der Waals surface area contributed by atoms with E-state index in [4.69, 9.17) is 0 Å². The van der Waals surface area contributed by atoms with E-state index in [-0.39, 0.29) is 0 Å². The van der Waals surface area contributed by atoms with Gasteiger partial charge < -0.3 is 10.4 Å². The van der Waals surface area contributed by atoms with Crippen molar-refractivity contribution >= 4 is 21.6 Å². The Bertz CT molecular complexity index is 933. The van der Waals surface area contributed by atoms with E-state index in [1.807, 2.05) is 60.7 Å². The van der Waals surface area contributed by atoms with Crippen molar-refractivity contribution in [1.82, 2.24) is 19.4 Å². The molecule has 0 amide bonds. The van der Waals surface area contributed by atoms with E-state index in [2.05, 4.69) is 9.97 Å². The molecule has 2 aromatic carbocycles. The highest BCUT2D eigenvalue weighted by Gasteiger charge is 2.16. The van der Waals surface area contributed by atoms with E-state index in [0.717, 1.165) is 20.6 Å². The van der Waals surface area contributed by atoms with Crippen molar-refractivity contribution in [3.05, 3.63) is 73.1 Å². The molecule has 26 heavy (non-hydrogen) atoms. The van der Waals surface area contributed by atoms with E-state index >= 15 is 0 Å². The Morgan fingerprint density at radius 1 is 0.615 bits per heavy atom. The second-order valence-electron chi connectivity index (χ2n) is 5.37. The van der Waals surface area contributed by atoms with Crippen LogP contribution in [0.1, 0.15) is 0 Å². The first-order valence-corrected chi connectivity index (χ1v) is 9.88. The predicted octanol–water partition coefficient (Wildman–Crippen LogP) is 4.69. The second-order valence-corrected chi connectivity index (χ2v) is 7.44. The minimum atomic E-state index is 0.401. The highest BCUT2D eigenvalue weighted by molar-refractivity contribution is 8.76. The summed E-state index contributed by atoms with van der Waals surface area (Å²) in [6, 6.07) is 19.0. The Kier molecular flexibility index (Phi) is 4.59. The molecule has 6 nitrogen and oxygen atoms in total. The molecular weight excluding hydrogens is 368 g/mol. The molecule has 0 aliphatic rings. The summed E-state index contributed by atoms with van der Waals surface area (Å²) in [4.78, 5) is 8.48. The molecule has 0 saturated heterocycles. The third kappa shape index (κ3) is 3.16. The molecule has 0 aliphatic heterocycles. The monoisotopic (exact) mass is 382 g/mol. The van der Waals surface area contributed by atoms with Crippen LogP contribution in [0, 0.1) is 0 Å². The van der Waals surface area contributed by atoms with Crippen molar-refractivity contribution in [2.45, 2.75) is 10.3 Å². The zero-order valence-electron chi connectivity index (χ0n) is 13.4. The van der Waals surface area contributed by atoms with Gasteiger partial charge in [-0.25, -0.2) is 9.97 Å². The molecule has 0 aliphatic carbocycles. The minimum Gasteiger partial charge on any atom is -0.426 e. The van der Waals surface area contributed by atoms with Gasteiger partial charge in [-0.05, 0) is 21.6 Å². The number of aromatic nitrogens is 4. The Hall–Kier alpha value is -2.84. The van der Waals surface area contributed by atoms with Crippen LogP contribution in [0.2, 0.25) is 0 Å². The summed E-state index contributed by atoms with van der Waals surface area (Å²) in [5, 5.41) is 21.5. The van der Waals surface area contributed by atoms with Gasteiger partial charge in [0.1, 0.15) is 11.4 Å². The second kappa shape index (κ2) is 7.19.